The number of ketones is 1. The fraction of sp³-hybridized carbons (Fsp3) is 0.231. The topological polar surface area (TPSA) is 30.0 Å². The molecule has 0 N–H and O–H groups in total. The third-order valence-electron chi connectivity index (χ3n) is 2.51. The van der Waals surface area contributed by atoms with E-state index in [9.17, 15) is 13.6 Å². The maximum atomic E-state index is 13.0. The van der Waals surface area contributed by atoms with E-state index in [-0.39, 0.29) is 12.2 Å². The highest BCUT2D eigenvalue weighted by molar-refractivity contribution is 7.13. The van der Waals surface area contributed by atoms with Gasteiger partial charge in [-0.3, -0.25) is 4.79 Å². The number of thiazole rings is 1. The van der Waals surface area contributed by atoms with Crippen molar-refractivity contribution in [3.8, 4) is 0 Å². The van der Waals surface area contributed by atoms with Crippen LogP contribution in [0.1, 0.15) is 25.9 Å². The Balaban J connectivity index is 2.21. The molecule has 0 aliphatic rings. The number of aromatic nitrogens is 1. The number of carbonyl (C=O) groups is 1. The molecule has 0 saturated carbocycles. The second-order valence-corrected chi connectivity index (χ2v) is 5.20. The van der Waals surface area contributed by atoms with Crippen molar-refractivity contribution in [3.63, 3.8) is 0 Å². The van der Waals surface area contributed by atoms with Crippen LogP contribution >= 0.6 is 11.3 Å². The number of aryl methyl sites for hydroxylation is 2. The summed E-state index contributed by atoms with van der Waals surface area (Å²) in [7, 11) is 0. The minimum absolute atomic E-state index is 0.0552. The summed E-state index contributed by atoms with van der Waals surface area (Å²) in [6, 6.07) is 3.50. The fourth-order valence-corrected chi connectivity index (χ4v) is 2.56. The van der Waals surface area contributed by atoms with Gasteiger partial charge in [0.1, 0.15) is 0 Å². The Labute approximate surface area is 107 Å². The summed E-state index contributed by atoms with van der Waals surface area (Å²) in [5.74, 6) is -1.96. The first-order valence-corrected chi connectivity index (χ1v) is 6.20. The summed E-state index contributed by atoms with van der Waals surface area (Å²) in [5, 5.41) is 0.820. The van der Waals surface area contributed by atoms with Crippen LogP contribution < -0.4 is 0 Å². The summed E-state index contributed by atoms with van der Waals surface area (Å²) in [6.07, 6.45) is 0.0552. The van der Waals surface area contributed by atoms with Gasteiger partial charge in [0.05, 0.1) is 15.6 Å². The molecule has 5 heteroatoms. The number of nitrogens with zero attached hydrogens (tertiary/aromatic N) is 1. The van der Waals surface area contributed by atoms with Crippen LogP contribution in [0.4, 0.5) is 8.78 Å². The highest BCUT2D eigenvalue weighted by Gasteiger charge is 2.15. The number of rotatable bonds is 3. The van der Waals surface area contributed by atoms with Crippen LogP contribution in [-0.2, 0) is 6.42 Å². The van der Waals surface area contributed by atoms with Crippen molar-refractivity contribution in [1.82, 2.24) is 4.98 Å². The van der Waals surface area contributed by atoms with Gasteiger partial charge in [-0.1, -0.05) is 6.07 Å². The first-order chi connectivity index (χ1) is 8.47. The van der Waals surface area contributed by atoms with Crippen molar-refractivity contribution in [2.75, 3.05) is 0 Å². The molecule has 1 aromatic heterocycles. The molecule has 0 spiro atoms. The Hall–Kier alpha value is -1.62. The number of halogens is 2. The van der Waals surface area contributed by atoms with Crippen molar-refractivity contribution in [2.24, 2.45) is 0 Å². The van der Waals surface area contributed by atoms with Crippen molar-refractivity contribution in [3.05, 3.63) is 51.0 Å². The van der Waals surface area contributed by atoms with Crippen molar-refractivity contribution < 1.29 is 13.6 Å². The van der Waals surface area contributed by atoms with Crippen molar-refractivity contribution >= 4 is 17.1 Å². The Kier molecular flexibility index (Phi) is 3.52. The van der Waals surface area contributed by atoms with Gasteiger partial charge in [0, 0.05) is 6.42 Å². The zero-order chi connectivity index (χ0) is 13.3. The predicted molar refractivity (Wildman–Crippen MR) is 66.0 cm³/mol. The monoisotopic (exact) mass is 267 g/mol. The lowest BCUT2D eigenvalue weighted by Crippen LogP contribution is -2.03. The predicted octanol–water partition coefficient (Wildman–Crippen LogP) is 3.46. The Morgan fingerprint density at radius 2 is 2.00 bits per heavy atom. The van der Waals surface area contributed by atoms with E-state index in [2.05, 4.69) is 4.98 Å². The third-order valence-corrected chi connectivity index (χ3v) is 3.62. The van der Waals surface area contributed by atoms with Gasteiger partial charge in [-0.05, 0) is 31.5 Å². The van der Waals surface area contributed by atoms with Gasteiger partial charge in [-0.2, -0.15) is 0 Å². The summed E-state index contributed by atoms with van der Waals surface area (Å²) in [5.41, 5.74) is 1.15. The molecule has 2 nitrogen and oxygen atoms in total. The SMILES string of the molecule is Cc1nc(C)c(C(=O)Cc2ccc(F)c(F)c2)s1. The minimum Gasteiger partial charge on any atom is -0.293 e. The van der Waals surface area contributed by atoms with Gasteiger partial charge < -0.3 is 0 Å². The summed E-state index contributed by atoms with van der Waals surface area (Å²) >= 11 is 1.32. The lowest BCUT2D eigenvalue weighted by atomic mass is 10.1. The number of Topliss-reactive ketones (excluding diaryl/α,β-unsaturated/α-hetero) is 1. The zero-order valence-electron chi connectivity index (χ0n) is 9.96. The molecule has 0 bridgehead atoms. The van der Waals surface area contributed by atoms with Crippen molar-refractivity contribution in [2.45, 2.75) is 20.3 Å². The lowest BCUT2D eigenvalue weighted by molar-refractivity contribution is 0.0996. The van der Waals surface area contributed by atoms with Crippen molar-refractivity contribution in [1.29, 1.82) is 0 Å². The molecule has 94 valence electrons. The van der Waals surface area contributed by atoms with E-state index in [1.807, 2.05) is 6.92 Å². The van der Waals surface area contributed by atoms with E-state index in [0.29, 0.717) is 16.1 Å². The fourth-order valence-electron chi connectivity index (χ4n) is 1.71. The standard InChI is InChI=1S/C13H11F2NOS/c1-7-13(18-8(2)16-7)12(17)6-9-3-4-10(14)11(15)5-9/h3-5H,6H2,1-2H3. The molecule has 0 atom stereocenters. The van der Waals surface area contributed by atoms with E-state index >= 15 is 0 Å². The lowest BCUT2D eigenvalue weighted by Gasteiger charge is -2.01. The largest absolute Gasteiger partial charge is 0.293 e. The van der Waals surface area contributed by atoms with E-state index in [1.54, 1.807) is 6.92 Å². The molecule has 2 rings (SSSR count). The molecule has 18 heavy (non-hydrogen) atoms. The van der Waals surface area contributed by atoms with Gasteiger partial charge >= 0.3 is 0 Å². The molecule has 0 aliphatic heterocycles. The van der Waals surface area contributed by atoms with Crippen LogP contribution in [0.2, 0.25) is 0 Å². The van der Waals surface area contributed by atoms with Gasteiger partial charge in [-0.15, -0.1) is 11.3 Å². The molecular weight excluding hydrogens is 256 g/mol. The average molecular weight is 267 g/mol. The Morgan fingerprint density at radius 3 is 2.56 bits per heavy atom. The smallest absolute Gasteiger partial charge is 0.179 e. The Bertz CT molecular complexity index is 607. The molecule has 1 heterocycles. The van der Waals surface area contributed by atoms with Crippen LogP contribution in [0.3, 0.4) is 0 Å². The van der Waals surface area contributed by atoms with Gasteiger partial charge in [0.25, 0.3) is 0 Å². The molecule has 0 unspecified atom stereocenters. The molecule has 1 aromatic carbocycles. The quantitative estimate of drug-likeness (QED) is 0.797. The molecule has 0 saturated heterocycles. The molecule has 2 aromatic rings. The number of hydrogen-bond donors (Lipinski definition) is 0. The van der Waals surface area contributed by atoms with E-state index in [1.165, 1.54) is 17.4 Å². The van der Waals surface area contributed by atoms with Gasteiger partial charge in [0.2, 0.25) is 0 Å². The highest BCUT2D eigenvalue weighted by Crippen LogP contribution is 2.20. The van der Waals surface area contributed by atoms with Crippen LogP contribution in [0.5, 0.6) is 0 Å². The van der Waals surface area contributed by atoms with E-state index in [4.69, 9.17) is 0 Å². The summed E-state index contributed by atoms with van der Waals surface area (Å²) in [6.45, 7) is 3.59. The molecule has 0 amide bonds. The van der Waals surface area contributed by atoms with Gasteiger partial charge in [0.15, 0.2) is 17.4 Å². The first-order valence-electron chi connectivity index (χ1n) is 5.38. The average Bonchev–Trinajstić information content (AvgIpc) is 2.63. The van der Waals surface area contributed by atoms with Crippen LogP contribution in [0, 0.1) is 25.5 Å². The van der Waals surface area contributed by atoms with Crippen LogP contribution in [-0.4, -0.2) is 10.8 Å². The molecule has 0 aliphatic carbocycles. The second kappa shape index (κ2) is 4.94. The van der Waals surface area contributed by atoms with Crippen LogP contribution in [0.25, 0.3) is 0 Å². The molecule has 0 radical (unpaired) electrons. The highest BCUT2D eigenvalue weighted by atomic mass is 32.1. The molecular formula is C13H11F2NOS. The maximum Gasteiger partial charge on any atom is 0.179 e. The van der Waals surface area contributed by atoms with Gasteiger partial charge in [-0.25, -0.2) is 13.8 Å². The molecule has 0 fully saturated rings. The zero-order valence-corrected chi connectivity index (χ0v) is 10.8. The summed E-state index contributed by atoms with van der Waals surface area (Å²) in [4.78, 5) is 16.7. The maximum absolute atomic E-state index is 13.0. The Morgan fingerprint density at radius 1 is 1.28 bits per heavy atom. The minimum atomic E-state index is -0.933. The van der Waals surface area contributed by atoms with E-state index in [0.717, 1.165) is 17.1 Å². The first kappa shape index (κ1) is 12.8. The number of carbonyl (C=O) groups excluding carboxylic acids is 1. The third kappa shape index (κ3) is 2.61. The summed E-state index contributed by atoms with van der Waals surface area (Å²) < 4.78 is 25.8. The number of hydrogen-bond acceptors (Lipinski definition) is 3. The number of benzene rings is 1. The van der Waals surface area contributed by atoms with Crippen LogP contribution in [0.15, 0.2) is 18.2 Å². The van der Waals surface area contributed by atoms with E-state index < -0.39 is 11.6 Å². The normalized spacial score (nSPS) is 10.7. The second-order valence-electron chi connectivity index (χ2n) is 4.00.